The molecule has 2 N–H and O–H groups in total. The number of hydrogen-bond acceptors (Lipinski definition) is 6. The lowest BCUT2D eigenvalue weighted by molar-refractivity contribution is -0.121. The number of aromatic hydroxyl groups is 1. The molecular formula is C19H16N2O5S. The number of ether oxygens (including phenoxy) is 1. The van der Waals surface area contributed by atoms with Crippen LogP contribution in [-0.4, -0.2) is 46.3 Å². The van der Waals surface area contributed by atoms with Crippen LogP contribution in [0.15, 0.2) is 52.4 Å². The Morgan fingerprint density at radius 1 is 1.26 bits per heavy atom. The van der Waals surface area contributed by atoms with E-state index in [0.29, 0.717) is 15.8 Å². The molecule has 0 aliphatic carbocycles. The monoisotopic (exact) mass is 384 g/mol. The summed E-state index contributed by atoms with van der Waals surface area (Å²) in [5.74, 6) is -0.998. The third-order valence-electron chi connectivity index (χ3n) is 3.86. The van der Waals surface area contributed by atoms with Crippen LogP contribution in [0.2, 0.25) is 0 Å². The Labute approximate surface area is 159 Å². The molecule has 0 spiro atoms. The molecule has 0 atom stereocenters. The third kappa shape index (κ3) is 3.80. The molecule has 8 heteroatoms. The number of amides is 1. The van der Waals surface area contributed by atoms with Crippen molar-refractivity contribution in [3.63, 3.8) is 0 Å². The van der Waals surface area contributed by atoms with Crippen molar-refractivity contribution >= 4 is 40.6 Å². The minimum atomic E-state index is -1.22. The van der Waals surface area contributed by atoms with E-state index in [1.807, 2.05) is 18.2 Å². The SMILES string of the molecule is COc1ccccc1/C=C1\SC(=Nc2ccc(O)cc2C(=O)O)N(C)C1=O. The van der Waals surface area contributed by atoms with Gasteiger partial charge in [0.05, 0.1) is 23.3 Å². The Morgan fingerprint density at radius 2 is 2.00 bits per heavy atom. The number of nitrogens with zero attached hydrogens (tertiary/aromatic N) is 2. The van der Waals surface area contributed by atoms with E-state index in [1.54, 1.807) is 26.3 Å². The van der Waals surface area contributed by atoms with Crippen molar-refractivity contribution in [2.75, 3.05) is 14.2 Å². The van der Waals surface area contributed by atoms with E-state index in [4.69, 9.17) is 4.74 Å². The highest BCUT2D eigenvalue weighted by atomic mass is 32.2. The van der Waals surface area contributed by atoms with Gasteiger partial charge in [-0.15, -0.1) is 0 Å². The Hall–Kier alpha value is -3.26. The normalized spacial score (nSPS) is 17.0. The molecule has 0 bridgehead atoms. The molecule has 0 unspecified atom stereocenters. The smallest absolute Gasteiger partial charge is 0.338 e. The Balaban J connectivity index is 1.98. The van der Waals surface area contributed by atoms with Crippen molar-refractivity contribution in [3.8, 4) is 11.5 Å². The first kappa shape index (κ1) is 18.5. The molecule has 27 heavy (non-hydrogen) atoms. The largest absolute Gasteiger partial charge is 0.508 e. The van der Waals surface area contributed by atoms with E-state index >= 15 is 0 Å². The molecule has 3 rings (SSSR count). The summed E-state index contributed by atoms with van der Waals surface area (Å²) in [6, 6.07) is 11.2. The Morgan fingerprint density at radius 3 is 2.70 bits per heavy atom. The molecular weight excluding hydrogens is 368 g/mol. The van der Waals surface area contributed by atoms with E-state index in [1.165, 1.54) is 17.0 Å². The topological polar surface area (TPSA) is 99.4 Å². The maximum absolute atomic E-state index is 12.5. The fraction of sp³-hybridized carbons (Fsp3) is 0.105. The van der Waals surface area contributed by atoms with Gasteiger partial charge in [0.2, 0.25) is 0 Å². The minimum Gasteiger partial charge on any atom is -0.508 e. The van der Waals surface area contributed by atoms with Gasteiger partial charge >= 0.3 is 5.97 Å². The summed E-state index contributed by atoms with van der Waals surface area (Å²) < 4.78 is 5.30. The number of carboxylic acid groups (broad SMARTS) is 1. The number of amidine groups is 1. The zero-order chi connectivity index (χ0) is 19.6. The molecule has 1 aliphatic rings. The molecule has 7 nitrogen and oxygen atoms in total. The number of thioether (sulfide) groups is 1. The molecule has 0 radical (unpaired) electrons. The molecule has 1 fully saturated rings. The number of carbonyl (C=O) groups excluding carboxylic acids is 1. The predicted molar refractivity (Wildman–Crippen MR) is 103 cm³/mol. The third-order valence-corrected chi connectivity index (χ3v) is 4.92. The van der Waals surface area contributed by atoms with E-state index in [2.05, 4.69) is 4.99 Å². The van der Waals surface area contributed by atoms with Gasteiger partial charge in [-0.3, -0.25) is 9.69 Å². The first-order chi connectivity index (χ1) is 12.9. The highest BCUT2D eigenvalue weighted by molar-refractivity contribution is 8.18. The van der Waals surface area contributed by atoms with E-state index in [0.717, 1.165) is 23.4 Å². The van der Waals surface area contributed by atoms with E-state index in [-0.39, 0.29) is 22.9 Å². The van der Waals surface area contributed by atoms with Crippen LogP contribution < -0.4 is 4.74 Å². The molecule has 2 aromatic rings. The Kier molecular flexibility index (Phi) is 5.18. The number of carboxylic acids is 1. The summed E-state index contributed by atoms with van der Waals surface area (Å²) in [5.41, 5.74) is 0.758. The zero-order valence-corrected chi connectivity index (χ0v) is 15.4. The summed E-state index contributed by atoms with van der Waals surface area (Å²) in [6.45, 7) is 0. The average Bonchev–Trinajstić information content (AvgIpc) is 2.91. The summed E-state index contributed by atoms with van der Waals surface area (Å²) >= 11 is 1.14. The number of benzene rings is 2. The number of methoxy groups -OCH3 is 1. The molecule has 0 aromatic heterocycles. The molecule has 1 heterocycles. The minimum absolute atomic E-state index is 0.147. The van der Waals surface area contributed by atoms with Crippen molar-refractivity contribution in [2.45, 2.75) is 0 Å². The number of para-hydroxylation sites is 1. The van der Waals surface area contributed by atoms with Gasteiger partial charge in [0.15, 0.2) is 5.17 Å². The van der Waals surface area contributed by atoms with Crippen LogP contribution in [0.3, 0.4) is 0 Å². The first-order valence-electron chi connectivity index (χ1n) is 7.86. The number of carbonyl (C=O) groups is 2. The van der Waals surface area contributed by atoms with Crippen LogP contribution >= 0.6 is 11.8 Å². The predicted octanol–water partition coefficient (Wildman–Crippen LogP) is 3.33. The van der Waals surface area contributed by atoms with Crippen molar-refractivity contribution in [2.24, 2.45) is 4.99 Å². The number of hydrogen-bond donors (Lipinski definition) is 2. The van der Waals surface area contributed by atoms with Crippen LogP contribution in [0.1, 0.15) is 15.9 Å². The summed E-state index contributed by atoms with van der Waals surface area (Å²) in [4.78, 5) is 30.0. The van der Waals surface area contributed by atoms with Gasteiger partial charge in [0.25, 0.3) is 5.91 Å². The van der Waals surface area contributed by atoms with Crippen LogP contribution in [0.25, 0.3) is 6.08 Å². The highest BCUT2D eigenvalue weighted by Gasteiger charge is 2.31. The maximum Gasteiger partial charge on any atom is 0.338 e. The summed E-state index contributed by atoms with van der Waals surface area (Å²) in [7, 11) is 3.12. The fourth-order valence-electron chi connectivity index (χ4n) is 2.47. The molecule has 0 saturated carbocycles. The van der Waals surface area contributed by atoms with Crippen molar-refractivity contribution in [1.82, 2.24) is 4.90 Å². The van der Waals surface area contributed by atoms with Crippen LogP contribution in [0, 0.1) is 0 Å². The van der Waals surface area contributed by atoms with E-state index in [9.17, 15) is 19.8 Å². The lowest BCUT2D eigenvalue weighted by Gasteiger charge is -2.08. The van der Waals surface area contributed by atoms with Gasteiger partial charge in [-0.25, -0.2) is 9.79 Å². The van der Waals surface area contributed by atoms with Gasteiger partial charge in [0, 0.05) is 12.6 Å². The fourth-order valence-corrected chi connectivity index (χ4v) is 3.45. The van der Waals surface area contributed by atoms with Crippen LogP contribution in [0.5, 0.6) is 11.5 Å². The quantitative estimate of drug-likeness (QED) is 0.785. The van der Waals surface area contributed by atoms with Gasteiger partial charge < -0.3 is 14.9 Å². The van der Waals surface area contributed by atoms with Crippen molar-refractivity contribution in [3.05, 3.63) is 58.5 Å². The second-order valence-electron chi connectivity index (χ2n) is 5.62. The van der Waals surface area contributed by atoms with Gasteiger partial charge in [-0.05, 0) is 42.1 Å². The molecule has 1 aliphatic heterocycles. The van der Waals surface area contributed by atoms with E-state index < -0.39 is 5.97 Å². The number of rotatable bonds is 4. The maximum atomic E-state index is 12.5. The van der Waals surface area contributed by atoms with Crippen LogP contribution in [0.4, 0.5) is 5.69 Å². The van der Waals surface area contributed by atoms with Gasteiger partial charge in [-0.2, -0.15) is 0 Å². The van der Waals surface area contributed by atoms with Crippen LogP contribution in [-0.2, 0) is 4.79 Å². The molecule has 2 aromatic carbocycles. The summed E-state index contributed by atoms with van der Waals surface area (Å²) in [5, 5.41) is 19.1. The standard InChI is InChI=1S/C19H16N2O5S/c1-21-17(23)16(9-11-5-3-4-6-15(11)26-2)27-19(21)20-14-8-7-12(22)10-13(14)18(24)25/h3-10,22H,1-2H3,(H,24,25)/b16-9-,20-19?. The number of phenolic OH excluding ortho intramolecular Hbond substituents is 1. The number of likely N-dealkylation sites (N-methyl/N-ethyl adjacent to an activating group) is 1. The average molecular weight is 384 g/mol. The first-order valence-corrected chi connectivity index (χ1v) is 8.68. The van der Waals surface area contributed by atoms with Gasteiger partial charge in [0.1, 0.15) is 11.5 Å². The van der Waals surface area contributed by atoms with Gasteiger partial charge in [-0.1, -0.05) is 18.2 Å². The number of aliphatic imine (C=N–C) groups is 1. The highest BCUT2D eigenvalue weighted by Crippen LogP contribution is 2.35. The lowest BCUT2D eigenvalue weighted by Crippen LogP contribution is -2.23. The Bertz CT molecular complexity index is 984. The van der Waals surface area contributed by atoms with Crippen molar-refractivity contribution < 1.29 is 24.5 Å². The number of aromatic carboxylic acids is 1. The van der Waals surface area contributed by atoms with Crippen molar-refractivity contribution in [1.29, 1.82) is 0 Å². The molecule has 1 saturated heterocycles. The number of phenols is 1. The zero-order valence-electron chi connectivity index (χ0n) is 14.5. The molecule has 138 valence electrons. The molecule has 1 amide bonds. The second-order valence-corrected chi connectivity index (χ2v) is 6.63. The second kappa shape index (κ2) is 7.55. The lowest BCUT2D eigenvalue weighted by atomic mass is 10.2. The summed E-state index contributed by atoms with van der Waals surface area (Å²) in [6.07, 6.45) is 1.71.